The Hall–Kier alpha value is -2.27. The molecule has 0 aliphatic heterocycles. The highest BCUT2D eigenvalue weighted by molar-refractivity contribution is 6.33. The van der Waals surface area contributed by atoms with Crippen molar-refractivity contribution in [2.24, 2.45) is 7.05 Å². The van der Waals surface area contributed by atoms with E-state index >= 15 is 0 Å². The lowest BCUT2D eigenvalue weighted by atomic mass is 10.2. The van der Waals surface area contributed by atoms with Crippen LogP contribution in [0.25, 0.3) is 0 Å². The van der Waals surface area contributed by atoms with E-state index in [0.29, 0.717) is 16.4 Å². The fourth-order valence-electron chi connectivity index (χ4n) is 1.50. The quantitative estimate of drug-likeness (QED) is 0.823. The molecule has 0 radical (unpaired) electrons. The highest BCUT2D eigenvalue weighted by atomic mass is 35.5. The fraction of sp³-hybridized carbons (Fsp3) is 0.0769. The van der Waals surface area contributed by atoms with Crippen LogP contribution in [0.1, 0.15) is 10.4 Å². The summed E-state index contributed by atoms with van der Waals surface area (Å²) in [6, 6.07) is 7.63. The second kappa shape index (κ2) is 5.16. The number of nitrogens with two attached hydrogens (primary N) is 1. The fourth-order valence-corrected chi connectivity index (χ4v) is 1.68. The Morgan fingerprint density at radius 2 is 2.05 bits per heavy atom. The number of hydrogen-bond acceptors (Lipinski definition) is 3. The number of halogens is 1. The summed E-state index contributed by atoms with van der Waals surface area (Å²) in [6.45, 7) is 0. The summed E-state index contributed by atoms with van der Waals surface area (Å²) in [7, 11) is 1.61. The number of amides is 1. The van der Waals surface area contributed by atoms with E-state index in [1.54, 1.807) is 31.3 Å². The minimum Gasteiger partial charge on any atom is -0.398 e. The third-order valence-electron chi connectivity index (χ3n) is 2.62. The van der Waals surface area contributed by atoms with Crippen LogP contribution in [0, 0.1) is 0 Å². The van der Waals surface area contributed by atoms with Gasteiger partial charge in [0.2, 0.25) is 0 Å². The van der Waals surface area contributed by atoms with Gasteiger partial charge in [0.05, 0.1) is 10.7 Å². The van der Waals surface area contributed by atoms with E-state index in [2.05, 4.69) is 5.32 Å². The maximum atomic E-state index is 11.9. The average Bonchev–Trinajstić information content (AvgIpc) is 2.37. The number of aromatic nitrogens is 1. The van der Waals surface area contributed by atoms with Gasteiger partial charge in [-0.2, -0.15) is 0 Å². The summed E-state index contributed by atoms with van der Waals surface area (Å²) in [4.78, 5) is 23.4. The number of nitrogens with one attached hydrogen (secondary N) is 1. The predicted octanol–water partition coefficient (Wildman–Crippen LogP) is 1.87. The van der Waals surface area contributed by atoms with Crippen LogP contribution in [0.2, 0.25) is 5.02 Å². The molecule has 3 N–H and O–H groups in total. The molecule has 0 fully saturated rings. The van der Waals surface area contributed by atoms with Gasteiger partial charge >= 0.3 is 0 Å². The number of pyridine rings is 1. The predicted molar refractivity (Wildman–Crippen MR) is 75.5 cm³/mol. The molecule has 6 heteroatoms. The van der Waals surface area contributed by atoms with Crippen molar-refractivity contribution in [2.45, 2.75) is 0 Å². The number of carbonyl (C=O) groups excluding carboxylic acids is 1. The smallest absolute Gasteiger partial charge is 0.255 e. The van der Waals surface area contributed by atoms with E-state index < -0.39 is 0 Å². The Balaban J connectivity index is 2.23. The van der Waals surface area contributed by atoms with Crippen LogP contribution >= 0.6 is 11.6 Å². The summed E-state index contributed by atoms with van der Waals surface area (Å²) >= 11 is 5.86. The topological polar surface area (TPSA) is 77.1 Å². The van der Waals surface area contributed by atoms with Crippen LogP contribution in [0.5, 0.6) is 0 Å². The molecular weight excluding hydrogens is 266 g/mol. The van der Waals surface area contributed by atoms with Gasteiger partial charge in [0.1, 0.15) is 0 Å². The molecule has 0 unspecified atom stereocenters. The maximum absolute atomic E-state index is 11.9. The zero-order valence-electron chi connectivity index (χ0n) is 10.2. The van der Waals surface area contributed by atoms with Crippen LogP contribution in [0.15, 0.2) is 41.3 Å². The SMILES string of the molecule is Cn1ccc(C(=O)Nc2ccc(N)c(Cl)c2)cc1=O. The van der Waals surface area contributed by atoms with Crippen molar-refractivity contribution >= 4 is 28.9 Å². The molecule has 1 aromatic carbocycles. The Labute approximate surface area is 114 Å². The molecule has 19 heavy (non-hydrogen) atoms. The van der Waals surface area contributed by atoms with Crippen molar-refractivity contribution in [3.05, 3.63) is 57.5 Å². The molecule has 0 aliphatic carbocycles. The minimum atomic E-state index is -0.376. The Morgan fingerprint density at radius 1 is 1.32 bits per heavy atom. The second-order valence-electron chi connectivity index (χ2n) is 4.05. The van der Waals surface area contributed by atoms with Gasteiger partial charge in [-0.15, -0.1) is 0 Å². The number of hydrogen-bond donors (Lipinski definition) is 2. The van der Waals surface area contributed by atoms with Crippen molar-refractivity contribution in [1.29, 1.82) is 0 Å². The standard InChI is InChI=1S/C13H12ClN3O2/c1-17-5-4-8(6-12(17)18)13(19)16-9-2-3-11(15)10(14)7-9/h2-7H,15H2,1H3,(H,16,19). The van der Waals surface area contributed by atoms with Crippen LogP contribution in [-0.2, 0) is 7.05 Å². The molecule has 5 nitrogen and oxygen atoms in total. The molecule has 0 spiro atoms. The van der Waals surface area contributed by atoms with Crippen LogP contribution < -0.4 is 16.6 Å². The summed E-state index contributed by atoms with van der Waals surface area (Å²) in [6.07, 6.45) is 1.53. The lowest BCUT2D eigenvalue weighted by Crippen LogP contribution is -2.19. The van der Waals surface area contributed by atoms with Crippen molar-refractivity contribution in [1.82, 2.24) is 4.57 Å². The Kier molecular flexibility index (Phi) is 3.57. The van der Waals surface area contributed by atoms with E-state index in [-0.39, 0.29) is 17.0 Å². The summed E-state index contributed by atoms with van der Waals surface area (Å²) < 4.78 is 1.39. The molecule has 0 aliphatic rings. The Bertz CT molecular complexity index is 695. The summed E-state index contributed by atoms with van der Waals surface area (Å²) in [5.74, 6) is -0.376. The first-order valence-electron chi connectivity index (χ1n) is 5.50. The molecule has 0 atom stereocenters. The summed E-state index contributed by atoms with van der Waals surface area (Å²) in [5, 5.41) is 3.01. The van der Waals surface area contributed by atoms with Gasteiger partial charge in [-0.25, -0.2) is 0 Å². The number of carbonyl (C=O) groups is 1. The first-order chi connectivity index (χ1) is 8.97. The molecule has 2 rings (SSSR count). The largest absolute Gasteiger partial charge is 0.398 e. The van der Waals surface area contributed by atoms with Crippen molar-refractivity contribution in [3.8, 4) is 0 Å². The highest BCUT2D eigenvalue weighted by Crippen LogP contribution is 2.22. The first-order valence-corrected chi connectivity index (χ1v) is 5.88. The number of benzene rings is 1. The molecule has 2 aromatic rings. The number of nitrogen functional groups attached to an aromatic ring is 1. The van der Waals surface area contributed by atoms with Crippen molar-refractivity contribution < 1.29 is 4.79 Å². The maximum Gasteiger partial charge on any atom is 0.255 e. The number of rotatable bonds is 2. The van der Waals surface area contributed by atoms with E-state index in [1.807, 2.05) is 0 Å². The lowest BCUT2D eigenvalue weighted by molar-refractivity contribution is 0.102. The number of nitrogens with zero attached hydrogens (tertiary/aromatic N) is 1. The van der Waals surface area contributed by atoms with Gasteiger partial charge in [0.25, 0.3) is 11.5 Å². The average molecular weight is 278 g/mol. The molecule has 98 valence electrons. The van der Waals surface area contributed by atoms with Gasteiger partial charge in [-0.05, 0) is 24.3 Å². The van der Waals surface area contributed by atoms with Gasteiger partial charge in [0, 0.05) is 30.6 Å². The van der Waals surface area contributed by atoms with Crippen LogP contribution in [0.3, 0.4) is 0 Å². The van der Waals surface area contributed by atoms with Gasteiger partial charge < -0.3 is 15.6 Å². The molecule has 1 aromatic heterocycles. The number of anilines is 2. The zero-order valence-corrected chi connectivity index (χ0v) is 10.9. The summed E-state index contributed by atoms with van der Waals surface area (Å²) in [5.41, 5.74) is 6.58. The molecule has 0 saturated heterocycles. The van der Waals surface area contributed by atoms with E-state index in [9.17, 15) is 9.59 Å². The second-order valence-corrected chi connectivity index (χ2v) is 4.46. The molecular formula is C13H12ClN3O2. The van der Waals surface area contributed by atoms with Crippen LogP contribution in [-0.4, -0.2) is 10.5 Å². The number of aryl methyl sites for hydroxylation is 1. The zero-order chi connectivity index (χ0) is 14.0. The third-order valence-corrected chi connectivity index (χ3v) is 2.95. The van der Waals surface area contributed by atoms with Gasteiger partial charge in [0.15, 0.2) is 0 Å². The molecule has 1 heterocycles. The lowest BCUT2D eigenvalue weighted by Gasteiger charge is -2.07. The Morgan fingerprint density at radius 3 is 2.68 bits per heavy atom. The highest BCUT2D eigenvalue weighted by Gasteiger charge is 2.08. The molecule has 0 saturated carbocycles. The minimum absolute atomic E-state index is 0.247. The third kappa shape index (κ3) is 2.95. The van der Waals surface area contributed by atoms with Gasteiger partial charge in [-0.1, -0.05) is 11.6 Å². The van der Waals surface area contributed by atoms with Crippen LogP contribution in [0.4, 0.5) is 11.4 Å². The first kappa shape index (κ1) is 13.2. The molecule has 1 amide bonds. The van der Waals surface area contributed by atoms with Crippen molar-refractivity contribution in [3.63, 3.8) is 0 Å². The van der Waals surface area contributed by atoms with E-state index in [4.69, 9.17) is 17.3 Å². The van der Waals surface area contributed by atoms with E-state index in [0.717, 1.165) is 0 Å². The monoisotopic (exact) mass is 277 g/mol. The van der Waals surface area contributed by atoms with Gasteiger partial charge in [-0.3, -0.25) is 9.59 Å². The van der Waals surface area contributed by atoms with E-state index in [1.165, 1.54) is 16.8 Å². The normalized spacial score (nSPS) is 10.2. The molecule has 0 bridgehead atoms. The van der Waals surface area contributed by atoms with Crippen molar-refractivity contribution in [2.75, 3.05) is 11.1 Å².